The zero-order chi connectivity index (χ0) is 15.6. The van der Waals surface area contributed by atoms with Crippen molar-refractivity contribution >= 4 is 11.6 Å². The van der Waals surface area contributed by atoms with Crippen LogP contribution in [-0.2, 0) is 0 Å². The summed E-state index contributed by atoms with van der Waals surface area (Å²) in [7, 11) is 3.70. The van der Waals surface area contributed by atoms with Gasteiger partial charge in [-0.3, -0.25) is 14.9 Å². The van der Waals surface area contributed by atoms with Crippen LogP contribution in [0.1, 0.15) is 16.8 Å². The lowest BCUT2D eigenvalue weighted by Crippen LogP contribution is -2.32. The summed E-state index contributed by atoms with van der Waals surface area (Å²) in [6.07, 6.45) is 1.03. The number of rotatable bonds is 4. The van der Waals surface area contributed by atoms with Crippen molar-refractivity contribution in [3.63, 3.8) is 0 Å². The minimum absolute atomic E-state index is 0.136. The van der Waals surface area contributed by atoms with E-state index in [2.05, 4.69) is 4.90 Å². The smallest absolute Gasteiger partial charge is 0.305 e. The Labute approximate surface area is 122 Å². The quantitative estimate of drug-likeness (QED) is 0.627. The minimum Gasteiger partial charge on any atom is -0.341 e. The number of likely N-dealkylation sites (tertiary alicyclic amines) is 1. The van der Waals surface area contributed by atoms with E-state index in [1.165, 1.54) is 6.07 Å². The number of nitro groups is 1. The number of nitro benzene ring substituents is 1. The van der Waals surface area contributed by atoms with E-state index in [1.54, 1.807) is 11.9 Å². The fourth-order valence-corrected chi connectivity index (χ4v) is 2.65. The van der Waals surface area contributed by atoms with E-state index >= 15 is 0 Å². The number of halogens is 1. The molecule has 1 unspecified atom stereocenters. The fraction of sp³-hybridized carbons (Fsp3) is 0.500. The molecule has 0 saturated carbocycles. The van der Waals surface area contributed by atoms with E-state index < -0.39 is 16.4 Å². The van der Waals surface area contributed by atoms with Gasteiger partial charge in [0.05, 0.1) is 4.92 Å². The van der Waals surface area contributed by atoms with Gasteiger partial charge in [-0.2, -0.15) is 4.39 Å². The summed E-state index contributed by atoms with van der Waals surface area (Å²) in [4.78, 5) is 25.9. The van der Waals surface area contributed by atoms with Crippen LogP contribution in [0.3, 0.4) is 0 Å². The Kier molecular flexibility index (Phi) is 4.52. The SMILES string of the molecule is CN1CCC(CN(C)C(=O)c2ccc(F)c([N+](=O)[O-])c2)C1. The molecule has 1 aliphatic rings. The Morgan fingerprint density at radius 2 is 2.29 bits per heavy atom. The molecule has 1 saturated heterocycles. The normalized spacial score (nSPS) is 18.7. The van der Waals surface area contributed by atoms with Gasteiger partial charge in [-0.05, 0) is 38.1 Å². The molecule has 0 aliphatic carbocycles. The van der Waals surface area contributed by atoms with Gasteiger partial charge in [0.2, 0.25) is 5.82 Å². The molecule has 1 heterocycles. The molecule has 6 nitrogen and oxygen atoms in total. The molecule has 0 spiro atoms. The predicted octanol–water partition coefficient (Wildman–Crippen LogP) is 1.76. The van der Waals surface area contributed by atoms with Crippen LogP contribution in [0.25, 0.3) is 0 Å². The molecule has 0 N–H and O–H groups in total. The van der Waals surface area contributed by atoms with Crippen molar-refractivity contribution in [2.24, 2.45) is 5.92 Å². The third-order valence-corrected chi connectivity index (χ3v) is 3.76. The van der Waals surface area contributed by atoms with E-state index in [0.29, 0.717) is 12.5 Å². The molecule has 1 fully saturated rings. The number of carbonyl (C=O) groups is 1. The van der Waals surface area contributed by atoms with E-state index in [4.69, 9.17) is 0 Å². The van der Waals surface area contributed by atoms with Crippen LogP contribution < -0.4 is 0 Å². The summed E-state index contributed by atoms with van der Waals surface area (Å²) in [5.41, 5.74) is -0.535. The molecule has 0 bridgehead atoms. The maximum atomic E-state index is 13.3. The van der Waals surface area contributed by atoms with Gasteiger partial charge in [0.25, 0.3) is 5.91 Å². The summed E-state index contributed by atoms with van der Waals surface area (Å²) in [6, 6.07) is 3.24. The summed E-state index contributed by atoms with van der Waals surface area (Å²) in [5, 5.41) is 10.7. The lowest BCUT2D eigenvalue weighted by molar-refractivity contribution is -0.387. The molecule has 1 aliphatic heterocycles. The van der Waals surface area contributed by atoms with E-state index in [1.807, 2.05) is 7.05 Å². The highest BCUT2D eigenvalue weighted by atomic mass is 19.1. The minimum atomic E-state index is -0.934. The third-order valence-electron chi connectivity index (χ3n) is 3.76. The number of carbonyl (C=O) groups excluding carboxylic acids is 1. The van der Waals surface area contributed by atoms with Crippen molar-refractivity contribution in [1.82, 2.24) is 9.80 Å². The van der Waals surface area contributed by atoms with Gasteiger partial charge in [-0.1, -0.05) is 0 Å². The first-order chi connectivity index (χ1) is 9.88. The van der Waals surface area contributed by atoms with Gasteiger partial charge in [0, 0.05) is 31.8 Å². The Hall–Kier alpha value is -2.02. The first-order valence-corrected chi connectivity index (χ1v) is 6.76. The van der Waals surface area contributed by atoms with Gasteiger partial charge in [0.1, 0.15) is 0 Å². The largest absolute Gasteiger partial charge is 0.341 e. The molecule has 1 atom stereocenters. The molecule has 7 heteroatoms. The van der Waals surface area contributed by atoms with E-state index in [0.717, 1.165) is 31.6 Å². The van der Waals surface area contributed by atoms with E-state index in [9.17, 15) is 19.3 Å². The van der Waals surface area contributed by atoms with Crippen LogP contribution in [0.5, 0.6) is 0 Å². The maximum absolute atomic E-state index is 13.3. The van der Waals surface area contributed by atoms with Crippen LogP contribution in [0.4, 0.5) is 10.1 Å². The highest BCUT2D eigenvalue weighted by molar-refractivity contribution is 5.94. The van der Waals surface area contributed by atoms with Crippen molar-refractivity contribution in [3.8, 4) is 0 Å². The molecule has 0 aromatic heterocycles. The predicted molar refractivity (Wildman–Crippen MR) is 75.6 cm³/mol. The lowest BCUT2D eigenvalue weighted by Gasteiger charge is -2.21. The third kappa shape index (κ3) is 3.55. The zero-order valence-corrected chi connectivity index (χ0v) is 12.1. The molecular weight excluding hydrogens is 277 g/mol. The van der Waals surface area contributed by atoms with Crippen LogP contribution in [0, 0.1) is 21.8 Å². The molecule has 21 heavy (non-hydrogen) atoms. The number of nitrogens with zero attached hydrogens (tertiary/aromatic N) is 3. The van der Waals surface area contributed by atoms with Crippen molar-refractivity contribution < 1.29 is 14.1 Å². The Bertz CT molecular complexity index is 564. The van der Waals surface area contributed by atoms with Gasteiger partial charge in [-0.15, -0.1) is 0 Å². The highest BCUT2D eigenvalue weighted by Gasteiger charge is 2.24. The first kappa shape index (κ1) is 15.4. The van der Waals surface area contributed by atoms with Crippen molar-refractivity contribution in [3.05, 3.63) is 39.7 Å². The molecular formula is C14H18FN3O3. The molecule has 114 valence electrons. The van der Waals surface area contributed by atoms with Crippen LogP contribution in [0.2, 0.25) is 0 Å². The Balaban J connectivity index is 2.08. The van der Waals surface area contributed by atoms with Gasteiger partial charge in [-0.25, -0.2) is 0 Å². The summed E-state index contributed by atoms with van der Waals surface area (Å²) in [5.74, 6) is -0.858. The monoisotopic (exact) mass is 295 g/mol. The standard InChI is InChI=1S/C14H18FN3O3/c1-16-6-5-10(8-16)9-17(2)14(19)11-3-4-12(15)13(7-11)18(20)21/h3-4,7,10H,5-6,8-9H2,1-2H3. The number of benzene rings is 1. The van der Waals surface area contributed by atoms with E-state index in [-0.39, 0.29) is 11.5 Å². The lowest BCUT2D eigenvalue weighted by atomic mass is 10.1. The summed E-state index contributed by atoms with van der Waals surface area (Å²) >= 11 is 0. The first-order valence-electron chi connectivity index (χ1n) is 6.76. The summed E-state index contributed by atoms with van der Waals surface area (Å²) in [6.45, 7) is 2.53. The molecule has 2 rings (SSSR count). The average molecular weight is 295 g/mol. The molecule has 1 aromatic rings. The highest BCUT2D eigenvalue weighted by Crippen LogP contribution is 2.20. The van der Waals surface area contributed by atoms with Crippen LogP contribution >= 0.6 is 0 Å². The molecule has 0 radical (unpaired) electrons. The second-order valence-electron chi connectivity index (χ2n) is 5.53. The molecule has 1 aromatic carbocycles. The van der Waals surface area contributed by atoms with Crippen LogP contribution in [-0.4, -0.2) is 54.4 Å². The van der Waals surface area contributed by atoms with Crippen molar-refractivity contribution in [2.45, 2.75) is 6.42 Å². The summed E-state index contributed by atoms with van der Waals surface area (Å²) < 4.78 is 13.3. The van der Waals surface area contributed by atoms with Gasteiger partial charge < -0.3 is 9.80 Å². The Morgan fingerprint density at radius 3 is 2.86 bits per heavy atom. The van der Waals surface area contributed by atoms with Gasteiger partial charge >= 0.3 is 5.69 Å². The van der Waals surface area contributed by atoms with Gasteiger partial charge in [0.15, 0.2) is 0 Å². The number of amides is 1. The maximum Gasteiger partial charge on any atom is 0.305 e. The second-order valence-corrected chi connectivity index (χ2v) is 5.53. The van der Waals surface area contributed by atoms with Crippen LogP contribution in [0.15, 0.2) is 18.2 Å². The Morgan fingerprint density at radius 1 is 1.57 bits per heavy atom. The average Bonchev–Trinajstić information content (AvgIpc) is 2.83. The van der Waals surface area contributed by atoms with Crippen molar-refractivity contribution in [1.29, 1.82) is 0 Å². The topological polar surface area (TPSA) is 66.7 Å². The van der Waals surface area contributed by atoms with Crippen molar-refractivity contribution in [2.75, 3.05) is 33.7 Å². The zero-order valence-electron chi connectivity index (χ0n) is 12.1. The number of hydrogen-bond donors (Lipinski definition) is 0. The second kappa shape index (κ2) is 6.17. The number of hydrogen-bond acceptors (Lipinski definition) is 4. The fourth-order valence-electron chi connectivity index (χ4n) is 2.65. The molecule has 1 amide bonds.